The third kappa shape index (κ3) is 4.73. The highest BCUT2D eigenvalue weighted by atomic mass is 127. The molecular formula is C16H15IN2O3. The molecule has 2 aromatic carbocycles. The zero-order chi connectivity index (χ0) is 15.9. The van der Waals surface area contributed by atoms with Gasteiger partial charge in [-0.25, -0.2) is 4.79 Å². The number of hydrogen-bond acceptors (Lipinski definition) is 3. The molecule has 0 saturated carbocycles. The largest absolute Gasteiger partial charge is 0.431 e. The summed E-state index contributed by atoms with van der Waals surface area (Å²) in [6, 6.07) is 14.9. The van der Waals surface area contributed by atoms with Crippen LogP contribution in [0, 0.1) is 10.5 Å². The molecule has 2 amide bonds. The molecule has 2 rings (SSSR count). The first-order valence-corrected chi connectivity index (χ1v) is 7.69. The van der Waals surface area contributed by atoms with Crippen molar-refractivity contribution < 1.29 is 14.4 Å². The van der Waals surface area contributed by atoms with Crippen LogP contribution in [0.5, 0.6) is 0 Å². The van der Waals surface area contributed by atoms with Crippen molar-refractivity contribution >= 4 is 34.6 Å². The van der Waals surface area contributed by atoms with Crippen LogP contribution >= 0.6 is 22.6 Å². The minimum absolute atomic E-state index is 0.331. The Labute approximate surface area is 142 Å². The van der Waals surface area contributed by atoms with Gasteiger partial charge in [-0.3, -0.25) is 4.79 Å². The van der Waals surface area contributed by atoms with Gasteiger partial charge in [0, 0.05) is 10.1 Å². The molecule has 0 bridgehead atoms. The minimum atomic E-state index is -0.708. The van der Waals surface area contributed by atoms with Crippen molar-refractivity contribution in [3.05, 3.63) is 68.8 Å². The summed E-state index contributed by atoms with van der Waals surface area (Å²) in [4.78, 5) is 28.3. The molecule has 0 radical (unpaired) electrons. The Morgan fingerprint density at radius 1 is 1.14 bits per heavy atom. The van der Waals surface area contributed by atoms with E-state index < -0.39 is 12.0 Å². The van der Waals surface area contributed by atoms with Crippen molar-refractivity contribution in [2.24, 2.45) is 0 Å². The summed E-state index contributed by atoms with van der Waals surface area (Å²) in [5.41, 5.74) is 4.52. The Kier molecular flexibility index (Phi) is 5.76. The van der Waals surface area contributed by atoms with Gasteiger partial charge >= 0.3 is 6.09 Å². The molecule has 2 aromatic rings. The molecule has 0 aliphatic carbocycles. The zero-order valence-corrected chi connectivity index (χ0v) is 14.1. The van der Waals surface area contributed by atoms with Crippen LogP contribution < -0.4 is 10.8 Å². The SMILES string of the molecule is Cc1ccc(I)c(C(=O)NOC(=O)NCc2ccccc2)c1. The van der Waals surface area contributed by atoms with Crippen molar-refractivity contribution in [2.45, 2.75) is 13.5 Å². The van der Waals surface area contributed by atoms with Crippen molar-refractivity contribution in [3.8, 4) is 0 Å². The van der Waals surface area contributed by atoms with Gasteiger partial charge in [0.15, 0.2) is 0 Å². The Morgan fingerprint density at radius 2 is 1.86 bits per heavy atom. The van der Waals surface area contributed by atoms with Gasteiger partial charge in [-0.15, -0.1) is 0 Å². The second kappa shape index (κ2) is 7.79. The molecule has 2 N–H and O–H groups in total. The van der Waals surface area contributed by atoms with E-state index in [-0.39, 0.29) is 0 Å². The van der Waals surface area contributed by atoms with Gasteiger partial charge in [-0.05, 0) is 47.2 Å². The van der Waals surface area contributed by atoms with Gasteiger partial charge in [0.25, 0.3) is 5.91 Å². The molecule has 5 nitrogen and oxygen atoms in total. The van der Waals surface area contributed by atoms with Crippen LogP contribution in [0.25, 0.3) is 0 Å². The van der Waals surface area contributed by atoms with Crippen molar-refractivity contribution in [3.63, 3.8) is 0 Å². The first-order chi connectivity index (χ1) is 10.6. The molecule has 22 heavy (non-hydrogen) atoms. The Balaban J connectivity index is 1.83. The van der Waals surface area contributed by atoms with E-state index in [1.165, 1.54) is 0 Å². The summed E-state index contributed by atoms with van der Waals surface area (Å²) in [5.74, 6) is -0.456. The van der Waals surface area contributed by atoms with Crippen LogP contribution in [0.15, 0.2) is 48.5 Å². The molecule has 0 aliphatic heterocycles. The molecule has 0 heterocycles. The molecule has 0 fully saturated rings. The lowest BCUT2D eigenvalue weighted by Gasteiger charge is -2.09. The molecule has 0 aromatic heterocycles. The number of hydroxylamine groups is 1. The fourth-order valence-corrected chi connectivity index (χ4v) is 2.35. The monoisotopic (exact) mass is 410 g/mol. The summed E-state index contributed by atoms with van der Waals surface area (Å²) >= 11 is 2.06. The zero-order valence-electron chi connectivity index (χ0n) is 11.9. The van der Waals surface area contributed by atoms with Gasteiger partial charge in [-0.1, -0.05) is 42.0 Å². The highest BCUT2D eigenvalue weighted by molar-refractivity contribution is 14.1. The Morgan fingerprint density at radius 3 is 2.59 bits per heavy atom. The van der Waals surface area contributed by atoms with Gasteiger partial charge in [0.2, 0.25) is 0 Å². The highest BCUT2D eigenvalue weighted by Crippen LogP contribution is 2.13. The van der Waals surface area contributed by atoms with E-state index in [9.17, 15) is 9.59 Å². The van der Waals surface area contributed by atoms with Crippen LogP contribution in [-0.2, 0) is 11.4 Å². The molecule has 0 spiro atoms. The Hall–Kier alpha value is -2.09. The van der Waals surface area contributed by atoms with Crippen molar-refractivity contribution in [2.75, 3.05) is 0 Å². The summed E-state index contributed by atoms with van der Waals surface area (Å²) in [5, 5.41) is 2.55. The first kappa shape index (κ1) is 16.3. The molecule has 0 unspecified atom stereocenters. The number of benzene rings is 2. The van der Waals surface area contributed by atoms with Crippen LogP contribution in [0.1, 0.15) is 21.5 Å². The number of halogens is 1. The van der Waals surface area contributed by atoms with E-state index in [0.717, 1.165) is 14.7 Å². The number of rotatable bonds is 3. The smallest absolute Gasteiger partial charge is 0.321 e. The molecule has 0 aliphatic rings. The van der Waals surface area contributed by atoms with Gasteiger partial charge in [0.1, 0.15) is 0 Å². The quantitative estimate of drug-likeness (QED) is 0.604. The van der Waals surface area contributed by atoms with Crippen LogP contribution in [0.3, 0.4) is 0 Å². The van der Waals surface area contributed by atoms with Gasteiger partial charge in [0.05, 0.1) is 5.56 Å². The van der Waals surface area contributed by atoms with E-state index in [4.69, 9.17) is 4.84 Å². The predicted molar refractivity (Wildman–Crippen MR) is 91.1 cm³/mol. The topological polar surface area (TPSA) is 67.4 Å². The minimum Gasteiger partial charge on any atom is -0.321 e. The van der Waals surface area contributed by atoms with Crippen LogP contribution in [0.4, 0.5) is 4.79 Å². The van der Waals surface area contributed by atoms with Crippen LogP contribution in [-0.4, -0.2) is 12.0 Å². The summed E-state index contributed by atoms with van der Waals surface area (Å²) in [7, 11) is 0. The molecule has 114 valence electrons. The molecular weight excluding hydrogens is 395 g/mol. The second-order valence-corrected chi connectivity index (χ2v) is 5.81. The van der Waals surface area contributed by atoms with Gasteiger partial charge < -0.3 is 10.2 Å². The fraction of sp³-hybridized carbons (Fsp3) is 0.125. The lowest BCUT2D eigenvalue weighted by molar-refractivity contribution is 0.0570. The van der Waals surface area contributed by atoms with E-state index in [1.807, 2.05) is 49.4 Å². The number of aryl methyl sites for hydroxylation is 1. The lowest BCUT2D eigenvalue weighted by atomic mass is 10.1. The number of carbonyl (C=O) groups is 2. The number of carbonyl (C=O) groups excluding carboxylic acids is 2. The Bertz CT molecular complexity index is 674. The van der Waals surface area contributed by atoms with Crippen molar-refractivity contribution in [1.29, 1.82) is 0 Å². The van der Waals surface area contributed by atoms with E-state index in [0.29, 0.717) is 12.1 Å². The summed E-state index contributed by atoms with van der Waals surface area (Å²) in [6.45, 7) is 2.22. The normalized spacial score (nSPS) is 9.91. The standard InChI is InChI=1S/C16H15IN2O3/c1-11-7-8-14(17)13(9-11)15(20)19-22-16(21)18-10-12-5-3-2-4-6-12/h2-9H,10H2,1H3,(H,18,21)(H,19,20). The molecule has 0 atom stereocenters. The van der Waals surface area contributed by atoms with Crippen LogP contribution in [0.2, 0.25) is 0 Å². The van der Waals surface area contributed by atoms with E-state index >= 15 is 0 Å². The lowest BCUT2D eigenvalue weighted by Crippen LogP contribution is -2.33. The maximum atomic E-state index is 12.0. The van der Waals surface area contributed by atoms with E-state index in [1.54, 1.807) is 6.07 Å². The first-order valence-electron chi connectivity index (χ1n) is 6.61. The predicted octanol–water partition coefficient (Wildman–Crippen LogP) is 3.17. The van der Waals surface area contributed by atoms with Crippen molar-refractivity contribution in [1.82, 2.24) is 10.8 Å². The molecule has 0 saturated heterocycles. The average molecular weight is 410 g/mol. The number of hydrogen-bond donors (Lipinski definition) is 2. The fourth-order valence-electron chi connectivity index (χ4n) is 1.77. The maximum Gasteiger partial charge on any atom is 0.431 e. The number of amides is 2. The molecule has 6 heteroatoms. The number of nitrogens with one attached hydrogen (secondary N) is 2. The van der Waals surface area contributed by atoms with Gasteiger partial charge in [-0.2, -0.15) is 5.48 Å². The summed E-state index contributed by atoms with van der Waals surface area (Å²) in [6.07, 6.45) is -0.708. The average Bonchev–Trinajstić information content (AvgIpc) is 2.54. The summed E-state index contributed by atoms with van der Waals surface area (Å²) < 4.78 is 0.786. The van der Waals surface area contributed by atoms with E-state index in [2.05, 4.69) is 33.4 Å². The third-order valence-electron chi connectivity index (χ3n) is 2.88. The third-order valence-corrected chi connectivity index (χ3v) is 3.82. The second-order valence-electron chi connectivity index (χ2n) is 4.64. The highest BCUT2D eigenvalue weighted by Gasteiger charge is 2.12. The maximum absolute atomic E-state index is 12.0.